The maximum Gasteiger partial charge on any atom is 0.0521 e. The van der Waals surface area contributed by atoms with E-state index < -0.39 is 0 Å². The number of hydrogen-bond acceptors (Lipinski definition) is 2. The number of nitrogens with zero attached hydrogens (tertiary/aromatic N) is 2. The van der Waals surface area contributed by atoms with Crippen molar-refractivity contribution < 1.29 is 5.11 Å². The van der Waals surface area contributed by atoms with Gasteiger partial charge in [0.15, 0.2) is 0 Å². The van der Waals surface area contributed by atoms with Crippen molar-refractivity contribution in [2.75, 3.05) is 6.61 Å². The molecule has 3 unspecified atom stereocenters. The maximum atomic E-state index is 9.80. The van der Waals surface area contributed by atoms with Crippen LogP contribution in [0.15, 0.2) is 12.4 Å². The number of fused-ring (bicyclic) bond motifs is 2. The zero-order chi connectivity index (χ0) is 11.9. The quantitative estimate of drug-likeness (QED) is 0.867. The van der Waals surface area contributed by atoms with Crippen LogP contribution in [0.5, 0.6) is 0 Å². The summed E-state index contributed by atoms with van der Waals surface area (Å²) in [6.07, 6.45) is 11.6. The van der Waals surface area contributed by atoms with Gasteiger partial charge in [0.2, 0.25) is 0 Å². The van der Waals surface area contributed by atoms with E-state index in [1.165, 1.54) is 31.2 Å². The average Bonchev–Trinajstić information content (AvgIpc) is 3.01. The highest BCUT2D eigenvalue weighted by molar-refractivity contribution is 5.07. The van der Waals surface area contributed by atoms with Crippen molar-refractivity contribution >= 4 is 0 Å². The number of aliphatic hydroxyl groups excluding tert-OH is 1. The van der Waals surface area contributed by atoms with E-state index in [1.54, 1.807) is 0 Å². The molecule has 0 aromatic carbocycles. The van der Waals surface area contributed by atoms with Crippen LogP contribution in [0, 0.1) is 17.3 Å². The molecule has 0 saturated heterocycles. The summed E-state index contributed by atoms with van der Waals surface area (Å²) in [5.74, 6) is 1.69. The van der Waals surface area contributed by atoms with E-state index in [-0.39, 0.29) is 5.41 Å². The molecule has 2 bridgehead atoms. The number of rotatable bonds is 4. The molecule has 3 rings (SSSR count). The van der Waals surface area contributed by atoms with Gasteiger partial charge in [-0.25, -0.2) is 0 Å². The topological polar surface area (TPSA) is 38.0 Å². The van der Waals surface area contributed by atoms with Crippen molar-refractivity contribution in [2.45, 2.75) is 38.5 Å². The molecule has 0 aliphatic heterocycles. The Hall–Kier alpha value is -0.830. The molecule has 1 aromatic rings. The summed E-state index contributed by atoms with van der Waals surface area (Å²) in [5, 5.41) is 14.0. The van der Waals surface area contributed by atoms with E-state index in [0.717, 1.165) is 24.7 Å². The number of hydrogen-bond donors (Lipinski definition) is 1. The molecule has 94 valence electrons. The highest BCUT2D eigenvalue weighted by Crippen LogP contribution is 2.57. The second-order valence-electron chi connectivity index (χ2n) is 6.12. The zero-order valence-corrected chi connectivity index (χ0v) is 10.6. The molecule has 3 atom stereocenters. The fraction of sp³-hybridized carbons (Fsp3) is 0.786. The first-order chi connectivity index (χ1) is 8.22. The Morgan fingerprint density at radius 1 is 1.53 bits per heavy atom. The molecule has 1 aromatic heterocycles. The lowest BCUT2D eigenvalue weighted by molar-refractivity contribution is 0.0566. The van der Waals surface area contributed by atoms with E-state index in [9.17, 15) is 5.11 Å². The Labute approximate surface area is 103 Å². The summed E-state index contributed by atoms with van der Waals surface area (Å²) in [5.41, 5.74) is 1.54. The van der Waals surface area contributed by atoms with Crippen LogP contribution in [0.25, 0.3) is 0 Å². The van der Waals surface area contributed by atoms with E-state index in [2.05, 4.69) is 11.3 Å². The predicted octanol–water partition coefficient (Wildman–Crippen LogP) is 2.15. The number of aliphatic hydroxyl groups is 1. The zero-order valence-electron chi connectivity index (χ0n) is 10.6. The third kappa shape index (κ3) is 1.90. The first-order valence-electron chi connectivity index (χ1n) is 6.80. The molecule has 3 nitrogen and oxygen atoms in total. The third-order valence-electron chi connectivity index (χ3n) is 5.09. The molecule has 3 heteroatoms. The van der Waals surface area contributed by atoms with Crippen LogP contribution in [0.3, 0.4) is 0 Å². The van der Waals surface area contributed by atoms with Gasteiger partial charge in [0.05, 0.1) is 6.20 Å². The second kappa shape index (κ2) is 4.13. The Morgan fingerprint density at radius 2 is 2.41 bits per heavy atom. The van der Waals surface area contributed by atoms with E-state index >= 15 is 0 Å². The van der Waals surface area contributed by atoms with Gasteiger partial charge in [-0.2, -0.15) is 5.10 Å². The lowest BCUT2D eigenvalue weighted by atomic mass is 9.70. The molecule has 0 amide bonds. The third-order valence-corrected chi connectivity index (χ3v) is 5.09. The van der Waals surface area contributed by atoms with Gasteiger partial charge >= 0.3 is 0 Å². The van der Waals surface area contributed by atoms with E-state index in [4.69, 9.17) is 0 Å². The van der Waals surface area contributed by atoms with Crippen LogP contribution >= 0.6 is 0 Å². The van der Waals surface area contributed by atoms with Crippen LogP contribution in [-0.2, 0) is 13.5 Å². The standard InChI is InChI=1S/C14H22N2O/c1-16-9-12(8-15-16)4-5-14(10-17)7-11-2-3-13(14)6-11/h8-9,11,13,17H,2-7,10H2,1H3. The minimum absolute atomic E-state index is 0.235. The molecular formula is C14H22N2O. The molecule has 1 N–H and O–H groups in total. The van der Waals surface area contributed by atoms with Gasteiger partial charge < -0.3 is 5.11 Å². The minimum atomic E-state index is 0.235. The van der Waals surface area contributed by atoms with Crippen molar-refractivity contribution in [1.29, 1.82) is 0 Å². The molecule has 2 fully saturated rings. The first-order valence-corrected chi connectivity index (χ1v) is 6.80. The van der Waals surface area contributed by atoms with Crippen molar-refractivity contribution in [1.82, 2.24) is 9.78 Å². The normalized spacial score (nSPS) is 35.6. The summed E-state index contributed by atoms with van der Waals surface area (Å²) in [7, 11) is 1.96. The molecule has 2 aliphatic rings. The number of aryl methyl sites for hydroxylation is 2. The van der Waals surface area contributed by atoms with Crippen LogP contribution in [0.2, 0.25) is 0 Å². The van der Waals surface area contributed by atoms with Crippen LogP contribution in [0.1, 0.15) is 37.7 Å². The lowest BCUT2D eigenvalue weighted by Crippen LogP contribution is -2.32. The molecule has 0 spiro atoms. The molecule has 2 saturated carbocycles. The molecule has 0 radical (unpaired) electrons. The van der Waals surface area contributed by atoms with Gasteiger partial charge in [0.25, 0.3) is 0 Å². The Kier molecular flexibility index (Phi) is 2.74. The number of aromatic nitrogens is 2. The largest absolute Gasteiger partial charge is 0.396 e. The average molecular weight is 234 g/mol. The second-order valence-corrected chi connectivity index (χ2v) is 6.12. The summed E-state index contributed by atoms with van der Waals surface area (Å²) in [6.45, 7) is 0.383. The van der Waals surface area contributed by atoms with Crippen molar-refractivity contribution in [3.63, 3.8) is 0 Å². The van der Waals surface area contributed by atoms with Crippen LogP contribution < -0.4 is 0 Å². The fourth-order valence-corrected chi connectivity index (χ4v) is 4.13. The first kappa shape index (κ1) is 11.3. The summed E-state index contributed by atoms with van der Waals surface area (Å²) in [6, 6.07) is 0. The highest BCUT2D eigenvalue weighted by Gasteiger charge is 2.49. The van der Waals surface area contributed by atoms with Gasteiger partial charge in [-0.15, -0.1) is 0 Å². The summed E-state index contributed by atoms with van der Waals surface area (Å²) < 4.78 is 1.86. The van der Waals surface area contributed by atoms with Gasteiger partial charge in [-0.1, -0.05) is 6.42 Å². The summed E-state index contributed by atoms with van der Waals surface area (Å²) in [4.78, 5) is 0. The van der Waals surface area contributed by atoms with Crippen LogP contribution in [0.4, 0.5) is 0 Å². The monoisotopic (exact) mass is 234 g/mol. The maximum absolute atomic E-state index is 9.80. The van der Waals surface area contributed by atoms with Gasteiger partial charge in [-0.05, 0) is 54.9 Å². The Bertz CT molecular complexity index is 401. The fourth-order valence-electron chi connectivity index (χ4n) is 4.13. The molecule has 2 aliphatic carbocycles. The van der Waals surface area contributed by atoms with E-state index in [0.29, 0.717) is 6.61 Å². The van der Waals surface area contributed by atoms with Gasteiger partial charge in [0.1, 0.15) is 0 Å². The predicted molar refractivity (Wildman–Crippen MR) is 66.5 cm³/mol. The Morgan fingerprint density at radius 3 is 2.94 bits per heavy atom. The smallest absolute Gasteiger partial charge is 0.0521 e. The van der Waals surface area contributed by atoms with Gasteiger partial charge in [-0.3, -0.25) is 4.68 Å². The lowest BCUT2D eigenvalue weighted by Gasteiger charge is -2.36. The van der Waals surface area contributed by atoms with Crippen LogP contribution in [-0.4, -0.2) is 21.5 Å². The summed E-state index contributed by atoms with van der Waals surface area (Å²) >= 11 is 0. The highest BCUT2D eigenvalue weighted by atomic mass is 16.3. The molecular weight excluding hydrogens is 212 g/mol. The van der Waals surface area contributed by atoms with Crippen molar-refractivity contribution in [2.24, 2.45) is 24.3 Å². The minimum Gasteiger partial charge on any atom is -0.396 e. The van der Waals surface area contributed by atoms with Gasteiger partial charge in [0, 0.05) is 19.9 Å². The van der Waals surface area contributed by atoms with E-state index in [1.807, 2.05) is 17.9 Å². The van der Waals surface area contributed by atoms with Crippen molar-refractivity contribution in [3.05, 3.63) is 18.0 Å². The van der Waals surface area contributed by atoms with Crippen molar-refractivity contribution in [3.8, 4) is 0 Å². The molecule has 17 heavy (non-hydrogen) atoms. The Balaban J connectivity index is 1.67. The SMILES string of the molecule is Cn1cc(CCC2(CO)CC3CCC2C3)cn1. The molecule has 1 heterocycles.